The minimum Gasteiger partial charge on any atom is -0.388 e. The molecule has 9 heteroatoms. The van der Waals surface area contributed by atoms with Gasteiger partial charge in [-0.05, 0) is 6.07 Å². The summed E-state index contributed by atoms with van der Waals surface area (Å²) in [4.78, 5) is 6.94. The van der Waals surface area contributed by atoms with Gasteiger partial charge in [0, 0.05) is 6.20 Å². The fourth-order valence-corrected chi connectivity index (χ4v) is 1.85. The highest BCUT2D eigenvalue weighted by atomic mass is 19.4. The molecule has 2 rings (SSSR count). The molecule has 0 saturated carbocycles. The molecule has 0 bridgehead atoms. The fraction of sp³-hybridized carbons (Fsp3) is 0.500. The largest absolute Gasteiger partial charge is 0.433 e. The van der Waals surface area contributed by atoms with Gasteiger partial charge >= 0.3 is 6.18 Å². The maximum absolute atomic E-state index is 12.5. The van der Waals surface area contributed by atoms with Crippen molar-refractivity contribution in [2.45, 2.75) is 30.5 Å². The Bertz CT molecular complexity index is 547. The van der Waals surface area contributed by atoms with Gasteiger partial charge in [0.1, 0.15) is 24.0 Å². The maximum Gasteiger partial charge on any atom is 0.433 e. The van der Waals surface area contributed by atoms with Crippen molar-refractivity contribution < 1.29 is 28.1 Å². The molecule has 6 nitrogen and oxygen atoms in total. The predicted octanol–water partition coefficient (Wildman–Crippen LogP) is 0.0297. The van der Waals surface area contributed by atoms with Crippen LogP contribution in [0.5, 0.6) is 0 Å². The van der Waals surface area contributed by atoms with Gasteiger partial charge in [-0.15, -0.1) is 6.42 Å². The highest BCUT2D eigenvalue weighted by molar-refractivity contribution is 5.29. The first-order valence-electron chi connectivity index (χ1n) is 5.93. The van der Waals surface area contributed by atoms with Gasteiger partial charge in [0.2, 0.25) is 5.95 Å². The van der Waals surface area contributed by atoms with E-state index in [0.29, 0.717) is 0 Å². The number of terminal acetylenes is 1. The van der Waals surface area contributed by atoms with E-state index in [1.54, 1.807) is 0 Å². The van der Waals surface area contributed by atoms with E-state index in [-0.39, 0.29) is 12.6 Å². The molecule has 1 fully saturated rings. The average molecular weight is 303 g/mol. The van der Waals surface area contributed by atoms with Crippen molar-refractivity contribution in [1.29, 1.82) is 0 Å². The lowest BCUT2D eigenvalue weighted by molar-refractivity contribution is -0.141. The molecule has 21 heavy (non-hydrogen) atoms. The van der Waals surface area contributed by atoms with E-state index in [1.807, 2.05) is 0 Å². The van der Waals surface area contributed by atoms with E-state index in [9.17, 15) is 23.4 Å². The third kappa shape index (κ3) is 3.41. The SMILES string of the molecule is C#C[C@@H]1OCC(Nc2nccc(C(F)(F)F)n2)C(O)C1O. The molecule has 0 radical (unpaired) electrons. The molecule has 3 N–H and O–H groups in total. The van der Waals surface area contributed by atoms with Crippen LogP contribution in [0.1, 0.15) is 5.69 Å². The van der Waals surface area contributed by atoms with Crippen LogP contribution in [-0.2, 0) is 10.9 Å². The zero-order valence-corrected chi connectivity index (χ0v) is 10.6. The number of aliphatic hydroxyl groups is 2. The fourth-order valence-electron chi connectivity index (χ4n) is 1.85. The van der Waals surface area contributed by atoms with E-state index >= 15 is 0 Å². The van der Waals surface area contributed by atoms with Crippen LogP contribution in [0.2, 0.25) is 0 Å². The topological polar surface area (TPSA) is 87.5 Å². The lowest BCUT2D eigenvalue weighted by Crippen LogP contribution is -2.55. The molecule has 1 saturated heterocycles. The van der Waals surface area contributed by atoms with Crippen molar-refractivity contribution in [1.82, 2.24) is 9.97 Å². The minimum atomic E-state index is -4.60. The molecule has 0 aliphatic carbocycles. The van der Waals surface area contributed by atoms with Crippen molar-refractivity contribution in [3.63, 3.8) is 0 Å². The molecule has 1 aliphatic rings. The molecule has 0 aromatic carbocycles. The zero-order valence-electron chi connectivity index (χ0n) is 10.6. The van der Waals surface area contributed by atoms with Crippen LogP contribution in [0.15, 0.2) is 12.3 Å². The van der Waals surface area contributed by atoms with Crippen LogP contribution >= 0.6 is 0 Å². The Morgan fingerprint density at radius 1 is 1.38 bits per heavy atom. The quantitative estimate of drug-likeness (QED) is 0.668. The van der Waals surface area contributed by atoms with Gasteiger partial charge in [0.15, 0.2) is 0 Å². The number of nitrogens with zero attached hydrogens (tertiary/aromatic N) is 2. The second kappa shape index (κ2) is 5.85. The summed E-state index contributed by atoms with van der Waals surface area (Å²) in [6, 6.07) is -0.157. The van der Waals surface area contributed by atoms with E-state index in [4.69, 9.17) is 11.2 Å². The number of aliphatic hydroxyl groups excluding tert-OH is 2. The number of ether oxygens (including phenoxy) is 1. The van der Waals surface area contributed by atoms with Crippen molar-refractivity contribution in [2.75, 3.05) is 11.9 Å². The van der Waals surface area contributed by atoms with E-state index in [2.05, 4.69) is 21.2 Å². The Kier molecular flexibility index (Phi) is 4.32. The molecule has 114 valence electrons. The predicted molar refractivity (Wildman–Crippen MR) is 65.0 cm³/mol. The van der Waals surface area contributed by atoms with Crippen LogP contribution in [0, 0.1) is 12.3 Å². The first kappa shape index (κ1) is 15.5. The third-order valence-corrected chi connectivity index (χ3v) is 2.95. The smallest absolute Gasteiger partial charge is 0.388 e. The highest BCUT2D eigenvalue weighted by Gasteiger charge is 2.38. The van der Waals surface area contributed by atoms with E-state index in [1.165, 1.54) is 0 Å². The molecule has 1 aliphatic heterocycles. The molecule has 1 aromatic heterocycles. The molecule has 3 unspecified atom stereocenters. The number of hydrogen-bond donors (Lipinski definition) is 3. The number of halogens is 3. The average Bonchev–Trinajstić information content (AvgIpc) is 2.44. The van der Waals surface area contributed by atoms with Gasteiger partial charge < -0.3 is 20.3 Å². The third-order valence-electron chi connectivity index (χ3n) is 2.95. The number of hydrogen-bond acceptors (Lipinski definition) is 6. The summed E-state index contributed by atoms with van der Waals surface area (Å²) in [6.07, 6.45) is -2.20. The monoisotopic (exact) mass is 303 g/mol. The molecular weight excluding hydrogens is 291 g/mol. The van der Waals surface area contributed by atoms with Crippen LogP contribution < -0.4 is 5.32 Å². The molecule has 1 aromatic rings. The van der Waals surface area contributed by atoms with E-state index in [0.717, 1.165) is 12.3 Å². The molecule has 0 spiro atoms. The summed E-state index contributed by atoms with van der Waals surface area (Å²) in [5.74, 6) is 1.83. The second-order valence-electron chi connectivity index (χ2n) is 4.42. The van der Waals surface area contributed by atoms with E-state index < -0.39 is 36.2 Å². The zero-order chi connectivity index (χ0) is 15.6. The lowest BCUT2D eigenvalue weighted by atomic mass is 9.98. The number of alkyl halides is 3. The normalized spacial score (nSPS) is 29.7. The van der Waals surface area contributed by atoms with Gasteiger partial charge in [0.05, 0.1) is 12.6 Å². The minimum absolute atomic E-state index is 0.104. The maximum atomic E-state index is 12.5. The number of anilines is 1. The van der Waals surface area contributed by atoms with Crippen molar-refractivity contribution in [3.05, 3.63) is 18.0 Å². The number of aromatic nitrogens is 2. The summed E-state index contributed by atoms with van der Waals surface area (Å²) in [5.41, 5.74) is -1.12. The summed E-state index contributed by atoms with van der Waals surface area (Å²) >= 11 is 0. The Morgan fingerprint density at radius 3 is 2.71 bits per heavy atom. The van der Waals surface area contributed by atoms with Gasteiger partial charge in [-0.25, -0.2) is 9.97 Å². The standard InChI is InChI=1S/C12H12F3N3O3/c1-2-7-10(20)9(19)6(5-21-7)17-11-16-4-3-8(18-11)12(13,14)15/h1,3-4,6-7,9-10,19-20H,5H2,(H,16,17,18)/t6?,7-,9?,10?/m0/s1. The van der Waals surface area contributed by atoms with Gasteiger partial charge in [-0.2, -0.15) is 13.2 Å². The van der Waals surface area contributed by atoms with Gasteiger partial charge in [0.25, 0.3) is 0 Å². The van der Waals surface area contributed by atoms with Crippen molar-refractivity contribution in [3.8, 4) is 12.3 Å². The Labute approximate surface area is 118 Å². The molecule has 4 atom stereocenters. The first-order chi connectivity index (χ1) is 9.82. The Balaban J connectivity index is 2.11. The molecular formula is C12H12F3N3O3. The van der Waals surface area contributed by atoms with Crippen LogP contribution in [-0.4, -0.2) is 51.1 Å². The van der Waals surface area contributed by atoms with Crippen LogP contribution in [0.25, 0.3) is 0 Å². The van der Waals surface area contributed by atoms with Crippen LogP contribution in [0.4, 0.5) is 19.1 Å². The lowest BCUT2D eigenvalue weighted by Gasteiger charge is -2.35. The Morgan fingerprint density at radius 2 is 2.10 bits per heavy atom. The summed E-state index contributed by atoms with van der Waals surface area (Å²) in [6.45, 7) is -0.104. The second-order valence-corrected chi connectivity index (χ2v) is 4.42. The molecule has 0 amide bonds. The van der Waals surface area contributed by atoms with Crippen molar-refractivity contribution in [2.24, 2.45) is 0 Å². The van der Waals surface area contributed by atoms with Gasteiger partial charge in [-0.3, -0.25) is 0 Å². The highest BCUT2D eigenvalue weighted by Crippen LogP contribution is 2.28. The van der Waals surface area contributed by atoms with Crippen molar-refractivity contribution >= 4 is 5.95 Å². The molecule has 2 heterocycles. The summed E-state index contributed by atoms with van der Waals surface area (Å²) in [7, 11) is 0. The van der Waals surface area contributed by atoms with Crippen LogP contribution in [0.3, 0.4) is 0 Å². The Hall–Kier alpha value is -1.89. The summed E-state index contributed by atoms with van der Waals surface area (Å²) < 4.78 is 42.7. The number of nitrogens with one attached hydrogen (secondary N) is 1. The van der Waals surface area contributed by atoms with Gasteiger partial charge in [-0.1, -0.05) is 5.92 Å². The summed E-state index contributed by atoms with van der Waals surface area (Å²) in [5, 5.41) is 22.0. The number of rotatable bonds is 2. The first-order valence-corrected chi connectivity index (χ1v) is 5.93.